The van der Waals surface area contributed by atoms with Crippen molar-refractivity contribution in [1.29, 1.82) is 0 Å². The number of aryl methyl sites for hydroxylation is 1. The van der Waals surface area contributed by atoms with Crippen LogP contribution in [-0.4, -0.2) is 25.8 Å². The van der Waals surface area contributed by atoms with Gasteiger partial charge in [-0.25, -0.2) is 12.8 Å². The first-order chi connectivity index (χ1) is 8.70. The molecule has 19 heavy (non-hydrogen) atoms. The van der Waals surface area contributed by atoms with Gasteiger partial charge in [0.2, 0.25) is 10.0 Å². The molecule has 0 heterocycles. The number of nitrogen functional groups attached to an aromatic ring is 1. The van der Waals surface area contributed by atoms with E-state index < -0.39 is 15.8 Å². The Bertz CT molecular complexity index is 597. The summed E-state index contributed by atoms with van der Waals surface area (Å²) in [4.78, 5) is -0.381. The van der Waals surface area contributed by atoms with Crippen molar-refractivity contribution in [3.05, 3.63) is 35.7 Å². The van der Waals surface area contributed by atoms with Crippen molar-refractivity contribution in [2.24, 2.45) is 0 Å². The van der Waals surface area contributed by atoms with E-state index >= 15 is 0 Å². The maximum absolute atomic E-state index is 14.0. The van der Waals surface area contributed by atoms with E-state index in [1.54, 1.807) is 13.8 Å². The van der Waals surface area contributed by atoms with Crippen molar-refractivity contribution < 1.29 is 12.8 Å². The molecule has 0 amide bonds. The average molecular weight is 286 g/mol. The third-order valence-electron chi connectivity index (χ3n) is 2.66. The molecule has 4 nitrogen and oxygen atoms in total. The van der Waals surface area contributed by atoms with Crippen LogP contribution in [-0.2, 0) is 10.0 Å². The summed E-state index contributed by atoms with van der Waals surface area (Å²) in [6.07, 6.45) is 0. The molecule has 0 aliphatic heterocycles. The second kappa shape index (κ2) is 5.71. The summed E-state index contributed by atoms with van der Waals surface area (Å²) in [5.41, 5.74) is 6.73. The van der Waals surface area contributed by atoms with E-state index in [0.717, 1.165) is 6.07 Å². The number of sulfonamides is 1. The SMILES string of the molecule is C=C(C)CN(CC)S(=O)(=O)c1cc(N)cc(C)c1F. The second-order valence-corrected chi connectivity index (χ2v) is 6.44. The molecule has 106 valence electrons. The first kappa shape index (κ1) is 15.7. The van der Waals surface area contributed by atoms with Crippen LogP contribution in [0.15, 0.2) is 29.2 Å². The van der Waals surface area contributed by atoms with E-state index in [2.05, 4.69) is 6.58 Å². The van der Waals surface area contributed by atoms with Crippen molar-refractivity contribution in [1.82, 2.24) is 4.31 Å². The largest absolute Gasteiger partial charge is 0.399 e. The topological polar surface area (TPSA) is 63.4 Å². The Morgan fingerprint density at radius 3 is 2.53 bits per heavy atom. The minimum Gasteiger partial charge on any atom is -0.399 e. The van der Waals surface area contributed by atoms with E-state index in [0.29, 0.717) is 5.57 Å². The lowest BCUT2D eigenvalue weighted by Gasteiger charge is -2.21. The molecule has 1 aromatic rings. The Balaban J connectivity index is 3.37. The molecule has 0 saturated heterocycles. The number of rotatable bonds is 5. The fourth-order valence-electron chi connectivity index (χ4n) is 1.76. The normalized spacial score (nSPS) is 11.8. The van der Waals surface area contributed by atoms with E-state index in [-0.39, 0.29) is 29.2 Å². The summed E-state index contributed by atoms with van der Waals surface area (Å²) in [7, 11) is -3.90. The molecule has 0 fully saturated rings. The Labute approximate surface area is 113 Å². The molecule has 1 rings (SSSR count). The molecule has 0 aliphatic rings. The number of hydrogen-bond donors (Lipinski definition) is 1. The van der Waals surface area contributed by atoms with Crippen LogP contribution in [0.5, 0.6) is 0 Å². The van der Waals surface area contributed by atoms with Crippen LogP contribution in [0.4, 0.5) is 10.1 Å². The fourth-order valence-corrected chi connectivity index (χ4v) is 3.44. The molecule has 2 N–H and O–H groups in total. The van der Waals surface area contributed by atoms with Crippen LogP contribution in [0.1, 0.15) is 19.4 Å². The minimum atomic E-state index is -3.90. The Kier molecular flexibility index (Phi) is 4.70. The number of hydrogen-bond acceptors (Lipinski definition) is 3. The first-order valence-electron chi connectivity index (χ1n) is 5.90. The van der Waals surface area contributed by atoms with E-state index in [1.165, 1.54) is 17.3 Å². The predicted octanol–water partition coefficient (Wildman–Crippen LogP) is 2.30. The molecule has 0 atom stereocenters. The molecule has 0 aromatic heterocycles. The zero-order valence-corrected chi connectivity index (χ0v) is 12.2. The van der Waals surface area contributed by atoms with Crippen molar-refractivity contribution in [3.63, 3.8) is 0 Å². The molecule has 1 aromatic carbocycles. The van der Waals surface area contributed by atoms with Crippen molar-refractivity contribution in [2.45, 2.75) is 25.7 Å². The molecule has 0 aliphatic carbocycles. The number of likely N-dealkylation sites (N-methyl/N-ethyl adjacent to an activating group) is 1. The monoisotopic (exact) mass is 286 g/mol. The van der Waals surface area contributed by atoms with E-state index in [9.17, 15) is 12.8 Å². The number of benzene rings is 1. The van der Waals surface area contributed by atoms with Crippen LogP contribution in [0.2, 0.25) is 0 Å². The van der Waals surface area contributed by atoms with Crippen LogP contribution in [0, 0.1) is 12.7 Å². The van der Waals surface area contributed by atoms with Gasteiger partial charge in [0, 0.05) is 18.8 Å². The lowest BCUT2D eigenvalue weighted by atomic mass is 10.2. The highest BCUT2D eigenvalue weighted by molar-refractivity contribution is 7.89. The van der Waals surface area contributed by atoms with Crippen molar-refractivity contribution in [2.75, 3.05) is 18.8 Å². The van der Waals surface area contributed by atoms with Gasteiger partial charge in [0.15, 0.2) is 0 Å². The van der Waals surface area contributed by atoms with Gasteiger partial charge in [0.05, 0.1) is 0 Å². The summed E-state index contributed by atoms with van der Waals surface area (Å²) in [6.45, 7) is 8.98. The summed E-state index contributed by atoms with van der Waals surface area (Å²) in [5, 5.41) is 0. The zero-order chi connectivity index (χ0) is 14.8. The van der Waals surface area contributed by atoms with Gasteiger partial charge in [-0.1, -0.05) is 19.1 Å². The molecular weight excluding hydrogens is 267 g/mol. The lowest BCUT2D eigenvalue weighted by Crippen LogP contribution is -2.33. The molecular formula is C13H19FN2O2S. The standard InChI is InChI=1S/C13H19FN2O2S/c1-5-16(8-9(2)3)19(17,18)12-7-11(15)6-10(4)13(12)14/h6-7H,2,5,8,15H2,1,3-4H3. The number of halogens is 1. The predicted molar refractivity (Wildman–Crippen MR) is 74.8 cm³/mol. The van der Waals surface area contributed by atoms with Gasteiger partial charge < -0.3 is 5.73 Å². The Hall–Kier alpha value is -1.40. The van der Waals surface area contributed by atoms with Gasteiger partial charge in [0.25, 0.3) is 0 Å². The molecule has 0 unspecified atom stereocenters. The summed E-state index contributed by atoms with van der Waals surface area (Å²) >= 11 is 0. The fraction of sp³-hybridized carbons (Fsp3) is 0.385. The van der Waals surface area contributed by atoms with Crippen LogP contribution in [0.25, 0.3) is 0 Å². The Morgan fingerprint density at radius 2 is 2.05 bits per heavy atom. The zero-order valence-electron chi connectivity index (χ0n) is 11.4. The lowest BCUT2D eigenvalue weighted by molar-refractivity contribution is 0.446. The second-order valence-electron chi connectivity index (χ2n) is 4.54. The third kappa shape index (κ3) is 3.33. The maximum Gasteiger partial charge on any atom is 0.246 e. The molecule has 6 heteroatoms. The number of nitrogens with two attached hydrogens (primary N) is 1. The number of nitrogens with zero attached hydrogens (tertiary/aromatic N) is 1. The Morgan fingerprint density at radius 1 is 1.47 bits per heavy atom. The molecule has 0 bridgehead atoms. The van der Waals surface area contributed by atoms with Gasteiger partial charge in [-0.15, -0.1) is 0 Å². The van der Waals surface area contributed by atoms with E-state index in [4.69, 9.17) is 5.73 Å². The van der Waals surface area contributed by atoms with Crippen molar-refractivity contribution in [3.8, 4) is 0 Å². The average Bonchev–Trinajstić information content (AvgIpc) is 2.30. The number of anilines is 1. The quantitative estimate of drug-likeness (QED) is 0.667. The van der Waals surface area contributed by atoms with Gasteiger partial charge in [-0.3, -0.25) is 0 Å². The smallest absolute Gasteiger partial charge is 0.246 e. The summed E-state index contributed by atoms with van der Waals surface area (Å²) in [6, 6.07) is 2.56. The highest BCUT2D eigenvalue weighted by atomic mass is 32.2. The maximum atomic E-state index is 14.0. The van der Waals surface area contributed by atoms with Gasteiger partial charge >= 0.3 is 0 Å². The van der Waals surface area contributed by atoms with Gasteiger partial charge in [-0.05, 0) is 31.5 Å². The van der Waals surface area contributed by atoms with Gasteiger partial charge in [-0.2, -0.15) is 4.31 Å². The summed E-state index contributed by atoms with van der Waals surface area (Å²) < 4.78 is 40.0. The molecule has 0 saturated carbocycles. The van der Waals surface area contributed by atoms with E-state index in [1.807, 2.05) is 0 Å². The summed E-state index contributed by atoms with van der Waals surface area (Å²) in [5.74, 6) is -0.755. The van der Waals surface area contributed by atoms with Crippen LogP contribution in [0.3, 0.4) is 0 Å². The molecule has 0 spiro atoms. The first-order valence-corrected chi connectivity index (χ1v) is 7.34. The highest BCUT2D eigenvalue weighted by Gasteiger charge is 2.27. The molecule has 0 radical (unpaired) electrons. The van der Waals surface area contributed by atoms with Crippen LogP contribution >= 0.6 is 0 Å². The minimum absolute atomic E-state index is 0.159. The van der Waals surface area contributed by atoms with Gasteiger partial charge in [0.1, 0.15) is 10.7 Å². The van der Waals surface area contributed by atoms with Crippen molar-refractivity contribution >= 4 is 15.7 Å². The third-order valence-corrected chi connectivity index (χ3v) is 4.58. The highest BCUT2D eigenvalue weighted by Crippen LogP contribution is 2.25. The van der Waals surface area contributed by atoms with Crippen LogP contribution < -0.4 is 5.73 Å².